The van der Waals surface area contributed by atoms with Gasteiger partial charge in [0.2, 0.25) is 0 Å². The number of carbonyl (C=O) groups excluding carboxylic acids is 1. The summed E-state index contributed by atoms with van der Waals surface area (Å²) in [6.45, 7) is 0.818. The zero-order chi connectivity index (χ0) is 16.5. The Morgan fingerprint density at radius 3 is 2.35 bits per heavy atom. The number of nitrogens with one attached hydrogen (secondary N) is 1. The van der Waals surface area contributed by atoms with E-state index in [0.29, 0.717) is 30.9 Å². The van der Waals surface area contributed by atoms with E-state index >= 15 is 0 Å². The highest BCUT2D eigenvalue weighted by atomic mass is 16.5. The predicted octanol–water partition coefficient (Wildman–Crippen LogP) is 2.86. The predicted molar refractivity (Wildman–Crippen MR) is 86.4 cm³/mol. The summed E-state index contributed by atoms with van der Waals surface area (Å²) in [6.07, 6.45) is 0.536. The minimum atomic E-state index is -0.834. The molecule has 2 rings (SSSR count). The molecule has 0 aliphatic heterocycles. The first kappa shape index (κ1) is 16.5. The Balaban J connectivity index is 1.79. The SMILES string of the molecule is O=C(O)CCCOc1ccc(C(=O)NCc2ccccc2)cc1. The molecule has 5 nitrogen and oxygen atoms in total. The van der Waals surface area contributed by atoms with Crippen molar-refractivity contribution in [3.63, 3.8) is 0 Å². The largest absolute Gasteiger partial charge is 0.494 e. The summed E-state index contributed by atoms with van der Waals surface area (Å²) in [4.78, 5) is 22.4. The molecule has 5 heteroatoms. The summed E-state index contributed by atoms with van der Waals surface area (Å²) in [7, 11) is 0. The molecule has 0 spiro atoms. The number of amides is 1. The van der Waals surface area contributed by atoms with Crippen LogP contribution in [0.5, 0.6) is 5.75 Å². The van der Waals surface area contributed by atoms with Crippen molar-refractivity contribution < 1.29 is 19.4 Å². The number of carboxylic acids is 1. The normalized spacial score (nSPS) is 10.1. The molecular weight excluding hydrogens is 294 g/mol. The third-order valence-corrected chi connectivity index (χ3v) is 3.22. The van der Waals surface area contributed by atoms with Crippen molar-refractivity contribution in [3.05, 3.63) is 65.7 Å². The minimum Gasteiger partial charge on any atom is -0.494 e. The van der Waals surface area contributed by atoms with Crippen molar-refractivity contribution in [1.82, 2.24) is 5.32 Å². The maximum absolute atomic E-state index is 12.0. The summed E-state index contributed by atoms with van der Waals surface area (Å²) < 4.78 is 5.43. The lowest BCUT2D eigenvalue weighted by Gasteiger charge is -2.08. The van der Waals surface area contributed by atoms with Gasteiger partial charge in [0, 0.05) is 18.5 Å². The Morgan fingerprint density at radius 2 is 1.70 bits per heavy atom. The van der Waals surface area contributed by atoms with Crippen LogP contribution in [0.4, 0.5) is 0 Å². The molecule has 1 amide bonds. The van der Waals surface area contributed by atoms with Crippen LogP contribution in [-0.4, -0.2) is 23.6 Å². The van der Waals surface area contributed by atoms with E-state index in [0.717, 1.165) is 5.56 Å². The molecule has 0 unspecified atom stereocenters. The number of carboxylic acid groups (broad SMARTS) is 1. The first-order chi connectivity index (χ1) is 11.1. The van der Waals surface area contributed by atoms with Crippen molar-refractivity contribution in [2.75, 3.05) is 6.61 Å². The van der Waals surface area contributed by atoms with Gasteiger partial charge in [-0.15, -0.1) is 0 Å². The molecule has 0 fully saturated rings. The fourth-order valence-electron chi connectivity index (χ4n) is 2.00. The van der Waals surface area contributed by atoms with Crippen LogP contribution in [0.25, 0.3) is 0 Å². The fraction of sp³-hybridized carbons (Fsp3) is 0.222. The number of carbonyl (C=O) groups is 2. The van der Waals surface area contributed by atoms with Crippen LogP contribution in [0.15, 0.2) is 54.6 Å². The third kappa shape index (κ3) is 5.82. The Labute approximate surface area is 134 Å². The fourth-order valence-corrected chi connectivity index (χ4v) is 2.00. The second-order valence-electron chi connectivity index (χ2n) is 5.04. The topological polar surface area (TPSA) is 75.6 Å². The summed E-state index contributed by atoms with van der Waals surface area (Å²) >= 11 is 0. The van der Waals surface area contributed by atoms with Gasteiger partial charge >= 0.3 is 5.97 Å². The molecule has 2 aromatic rings. The van der Waals surface area contributed by atoms with E-state index in [-0.39, 0.29) is 12.3 Å². The number of benzene rings is 2. The van der Waals surface area contributed by atoms with Crippen molar-refractivity contribution in [2.24, 2.45) is 0 Å². The van der Waals surface area contributed by atoms with Crippen molar-refractivity contribution in [2.45, 2.75) is 19.4 Å². The van der Waals surface area contributed by atoms with Gasteiger partial charge in [0.15, 0.2) is 0 Å². The summed E-state index contributed by atoms with van der Waals surface area (Å²) in [5, 5.41) is 11.4. The monoisotopic (exact) mass is 313 g/mol. The lowest BCUT2D eigenvalue weighted by molar-refractivity contribution is -0.137. The zero-order valence-corrected chi connectivity index (χ0v) is 12.7. The van der Waals surface area contributed by atoms with E-state index < -0.39 is 5.97 Å². The average molecular weight is 313 g/mol. The van der Waals surface area contributed by atoms with Gasteiger partial charge in [-0.1, -0.05) is 30.3 Å². The van der Waals surface area contributed by atoms with Crippen molar-refractivity contribution in [3.8, 4) is 5.75 Å². The molecule has 2 N–H and O–H groups in total. The van der Waals surface area contributed by atoms with Crippen molar-refractivity contribution >= 4 is 11.9 Å². The van der Waals surface area contributed by atoms with Crippen molar-refractivity contribution in [1.29, 1.82) is 0 Å². The smallest absolute Gasteiger partial charge is 0.303 e. The van der Waals surface area contributed by atoms with Gasteiger partial charge < -0.3 is 15.2 Å². The maximum atomic E-state index is 12.0. The zero-order valence-electron chi connectivity index (χ0n) is 12.7. The highest BCUT2D eigenvalue weighted by Gasteiger charge is 2.05. The Bertz CT molecular complexity index is 638. The third-order valence-electron chi connectivity index (χ3n) is 3.22. The molecule has 0 saturated heterocycles. The first-order valence-corrected chi connectivity index (χ1v) is 7.42. The van der Waals surface area contributed by atoms with Gasteiger partial charge in [0.05, 0.1) is 6.61 Å². The molecule has 0 saturated carbocycles. The molecule has 0 aliphatic carbocycles. The molecule has 2 aromatic carbocycles. The van der Waals surface area contributed by atoms with Crippen LogP contribution in [0.2, 0.25) is 0 Å². The number of hydrogen-bond donors (Lipinski definition) is 2. The van der Waals surface area contributed by atoms with Crippen LogP contribution >= 0.6 is 0 Å². The molecule has 23 heavy (non-hydrogen) atoms. The van der Waals surface area contributed by atoms with Gasteiger partial charge in [0.1, 0.15) is 5.75 Å². The van der Waals surface area contributed by atoms with E-state index in [1.165, 1.54) is 0 Å². The molecular formula is C18H19NO4. The van der Waals surface area contributed by atoms with Crippen LogP contribution in [0.3, 0.4) is 0 Å². The minimum absolute atomic E-state index is 0.0833. The first-order valence-electron chi connectivity index (χ1n) is 7.42. The van der Waals surface area contributed by atoms with Gasteiger partial charge in [-0.2, -0.15) is 0 Å². The van der Waals surface area contributed by atoms with E-state index in [1.54, 1.807) is 24.3 Å². The summed E-state index contributed by atoms with van der Waals surface area (Å²) in [5.74, 6) is -0.361. The molecule has 0 atom stereocenters. The highest BCUT2D eigenvalue weighted by Crippen LogP contribution is 2.13. The summed E-state index contributed by atoms with van der Waals surface area (Å²) in [6, 6.07) is 16.5. The van der Waals surface area contributed by atoms with E-state index in [4.69, 9.17) is 9.84 Å². The lowest BCUT2D eigenvalue weighted by Crippen LogP contribution is -2.22. The second-order valence-corrected chi connectivity index (χ2v) is 5.04. The Morgan fingerprint density at radius 1 is 1.00 bits per heavy atom. The second kappa shape index (κ2) is 8.58. The Kier molecular flexibility index (Phi) is 6.17. The molecule has 0 radical (unpaired) electrons. The quantitative estimate of drug-likeness (QED) is 0.735. The van der Waals surface area contributed by atoms with E-state index in [1.807, 2.05) is 30.3 Å². The van der Waals surface area contributed by atoms with Crippen LogP contribution in [0, 0.1) is 0 Å². The molecule has 120 valence electrons. The number of rotatable bonds is 8. The summed E-state index contributed by atoms with van der Waals surface area (Å²) in [5.41, 5.74) is 1.60. The molecule has 0 aromatic heterocycles. The highest BCUT2D eigenvalue weighted by molar-refractivity contribution is 5.94. The lowest BCUT2D eigenvalue weighted by atomic mass is 10.2. The Hall–Kier alpha value is -2.82. The van der Waals surface area contributed by atoms with Crippen LogP contribution < -0.4 is 10.1 Å². The van der Waals surface area contributed by atoms with E-state index in [2.05, 4.69) is 5.32 Å². The maximum Gasteiger partial charge on any atom is 0.303 e. The van der Waals surface area contributed by atoms with Gasteiger partial charge in [-0.3, -0.25) is 9.59 Å². The number of ether oxygens (including phenoxy) is 1. The van der Waals surface area contributed by atoms with Gasteiger partial charge in [0.25, 0.3) is 5.91 Å². The number of aliphatic carboxylic acids is 1. The van der Waals surface area contributed by atoms with Crippen LogP contribution in [0.1, 0.15) is 28.8 Å². The molecule has 0 aliphatic rings. The van der Waals surface area contributed by atoms with Crippen LogP contribution in [-0.2, 0) is 11.3 Å². The average Bonchev–Trinajstić information content (AvgIpc) is 2.58. The van der Waals surface area contributed by atoms with Gasteiger partial charge in [-0.25, -0.2) is 0 Å². The van der Waals surface area contributed by atoms with E-state index in [9.17, 15) is 9.59 Å². The molecule has 0 heterocycles. The standard InChI is InChI=1S/C18H19NO4/c20-17(21)7-4-12-23-16-10-8-15(9-11-16)18(22)19-13-14-5-2-1-3-6-14/h1-3,5-6,8-11H,4,7,12-13H2,(H,19,22)(H,20,21). The van der Waals surface area contributed by atoms with Gasteiger partial charge in [-0.05, 0) is 36.2 Å². The molecule has 0 bridgehead atoms. The number of hydrogen-bond acceptors (Lipinski definition) is 3.